The van der Waals surface area contributed by atoms with Crippen molar-refractivity contribution in [2.75, 3.05) is 0 Å². The van der Waals surface area contributed by atoms with E-state index in [-0.39, 0.29) is 11.3 Å². The van der Waals surface area contributed by atoms with E-state index in [0.29, 0.717) is 39.3 Å². The molecule has 0 bridgehead atoms. The molecule has 0 amide bonds. The number of pyridine rings is 1. The summed E-state index contributed by atoms with van der Waals surface area (Å²) in [4.78, 5) is 25.6. The smallest absolute Gasteiger partial charge is 0.352 e. The molecule has 0 unspecified atom stereocenters. The third-order valence-electron chi connectivity index (χ3n) is 5.53. The normalized spacial score (nSPS) is 11.1. The maximum atomic E-state index is 13.5. The summed E-state index contributed by atoms with van der Waals surface area (Å²) in [6.07, 6.45) is 2.53. The van der Waals surface area contributed by atoms with Gasteiger partial charge in [-0.2, -0.15) is 0 Å². The van der Waals surface area contributed by atoms with Crippen LogP contribution in [0.3, 0.4) is 0 Å². The van der Waals surface area contributed by atoms with Crippen molar-refractivity contribution in [3.8, 4) is 5.69 Å². The summed E-state index contributed by atoms with van der Waals surface area (Å²) in [6, 6.07) is 16.3. The van der Waals surface area contributed by atoms with Gasteiger partial charge in [0.05, 0.1) is 0 Å². The molecular formula is C26H23ClN2O3. The van der Waals surface area contributed by atoms with Gasteiger partial charge in [0.1, 0.15) is 11.2 Å². The summed E-state index contributed by atoms with van der Waals surface area (Å²) in [5.74, 6) is -1.11. The van der Waals surface area contributed by atoms with Gasteiger partial charge in [-0.25, -0.2) is 4.79 Å². The Bertz CT molecular complexity index is 1390. The minimum Gasteiger partial charge on any atom is -0.477 e. The molecule has 1 N–H and O–H groups in total. The molecule has 0 atom stereocenters. The van der Waals surface area contributed by atoms with E-state index in [1.807, 2.05) is 50.2 Å². The fourth-order valence-electron chi connectivity index (χ4n) is 3.92. The number of rotatable bonds is 6. The molecule has 4 aromatic rings. The molecule has 32 heavy (non-hydrogen) atoms. The Balaban J connectivity index is 2.08. The molecule has 0 radical (unpaired) electrons. The highest BCUT2D eigenvalue weighted by Gasteiger charge is 2.23. The van der Waals surface area contributed by atoms with Crippen LogP contribution in [0.25, 0.3) is 22.2 Å². The molecule has 5 nitrogen and oxygen atoms in total. The van der Waals surface area contributed by atoms with Crippen LogP contribution >= 0.6 is 11.6 Å². The number of nitrogens with zero attached hydrogens (tertiary/aromatic N) is 2. The van der Waals surface area contributed by atoms with Crippen molar-refractivity contribution in [2.45, 2.75) is 26.8 Å². The number of fused-ring (bicyclic) bond motifs is 1. The fourth-order valence-corrected chi connectivity index (χ4v) is 4.05. The molecule has 2 heterocycles. The van der Waals surface area contributed by atoms with Crippen molar-refractivity contribution in [1.82, 2.24) is 9.13 Å². The minimum absolute atomic E-state index is 0.0281. The molecule has 0 aliphatic rings. The lowest BCUT2D eigenvalue weighted by Crippen LogP contribution is -2.23. The molecule has 2 aromatic carbocycles. The lowest BCUT2D eigenvalue weighted by molar-refractivity contribution is 0.0688. The van der Waals surface area contributed by atoms with Crippen molar-refractivity contribution in [2.24, 2.45) is 0 Å². The van der Waals surface area contributed by atoms with Crippen LogP contribution in [0.5, 0.6) is 0 Å². The number of carbonyl (C=O) groups is 1. The average Bonchev–Trinajstić information content (AvgIpc) is 3.18. The number of aryl methyl sites for hydroxylation is 2. The Morgan fingerprint density at radius 1 is 1.09 bits per heavy atom. The second-order valence-electron chi connectivity index (χ2n) is 7.79. The van der Waals surface area contributed by atoms with Crippen LogP contribution in [-0.4, -0.2) is 20.2 Å². The number of aromatic nitrogens is 2. The Hall–Kier alpha value is -3.57. The zero-order chi connectivity index (χ0) is 23.0. The highest BCUT2D eigenvalue weighted by Crippen LogP contribution is 2.32. The minimum atomic E-state index is -1.11. The Kier molecular flexibility index (Phi) is 5.76. The summed E-state index contributed by atoms with van der Waals surface area (Å²) in [7, 11) is 0. The fraction of sp³-hybridized carbons (Fsp3) is 0.154. The van der Waals surface area contributed by atoms with Gasteiger partial charge in [-0.15, -0.1) is 0 Å². The molecule has 162 valence electrons. The standard InChI is InChI=1S/C26H23ClN2O3/c1-4-13-28-15-22(17(3)18-7-9-19(27)10-8-18)21-14-23(26(31)32)29(24(21)25(28)30)20-11-5-16(2)6-12-20/h5-12,14-15H,3-4,13H2,1-2H3,(H,31,32). The van der Waals surface area contributed by atoms with Crippen LogP contribution in [0.4, 0.5) is 0 Å². The molecule has 0 aliphatic heterocycles. The maximum Gasteiger partial charge on any atom is 0.352 e. The van der Waals surface area contributed by atoms with Crippen LogP contribution in [0, 0.1) is 6.92 Å². The average molecular weight is 447 g/mol. The number of carboxylic acid groups (broad SMARTS) is 1. The summed E-state index contributed by atoms with van der Waals surface area (Å²) >= 11 is 6.04. The summed E-state index contributed by atoms with van der Waals surface area (Å²) in [5, 5.41) is 11.1. The van der Waals surface area contributed by atoms with Gasteiger partial charge in [-0.1, -0.05) is 54.9 Å². The molecule has 4 rings (SSSR count). The first-order valence-electron chi connectivity index (χ1n) is 10.4. The number of carboxylic acids is 1. The highest BCUT2D eigenvalue weighted by atomic mass is 35.5. The van der Waals surface area contributed by atoms with Gasteiger partial charge in [-0.3, -0.25) is 9.36 Å². The first kappa shape index (κ1) is 21.7. The van der Waals surface area contributed by atoms with Crippen molar-refractivity contribution in [1.29, 1.82) is 0 Å². The number of hydrogen-bond acceptors (Lipinski definition) is 2. The molecule has 6 heteroatoms. The van der Waals surface area contributed by atoms with Gasteiger partial charge < -0.3 is 9.67 Å². The molecular weight excluding hydrogens is 424 g/mol. The SMILES string of the molecule is C=C(c1ccc(Cl)cc1)c1cn(CCC)c(=O)c2c1cc(C(=O)O)n2-c1ccc(C)cc1. The Labute approximate surface area is 190 Å². The van der Waals surface area contributed by atoms with Gasteiger partial charge in [0, 0.05) is 34.4 Å². The second kappa shape index (κ2) is 8.52. The van der Waals surface area contributed by atoms with Crippen LogP contribution < -0.4 is 5.56 Å². The van der Waals surface area contributed by atoms with E-state index in [2.05, 4.69) is 6.58 Å². The lowest BCUT2D eigenvalue weighted by Gasteiger charge is -2.14. The van der Waals surface area contributed by atoms with Gasteiger partial charge in [0.15, 0.2) is 0 Å². The van der Waals surface area contributed by atoms with E-state index < -0.39 is 5.97 Å². The third-order valence-corrected chi connectivity index (χ3v) is 5.78. The molecule has 0 aliphatic carbocycles. The zero-order valence-corrected chi connectivity index (χ0v) is 18.7. The Morgan fingerprint density at radius 3 is 2.34 bits per heavy atom. The summed E-state index contributed by atoms with van der Waals surface area (Å²) in [6.45, 7) is 8.72. The topological polar surface area (TPSA) is 64.2 Å². The summed E-state index contributed by atoms with van der Waals surface area (Å²) < 4.78 is 3.17. The molecule has 0 saturated carbocycles. The third kappa shape index (κ3) is 3.76. The van der Waals surface area contributed by atoms with E-state index in [4.69, 9.17) is 11.6 Å². The van der Waals surface area contributed by atoms with Gasteiger partial charge in [0.2, 0.25) is 0 Å². The number of halogens is 1. The van der Waals surface area contributed by atoms with Crippen LogP contribution in [0.15, 0.2) is 72.2 Å². The monoisotopic (exact) mass is 446 g/mol. The molecule has 0 saturated heterocycles. The van der Waals surface area contributed by atoms with E-state index in [1.54, 1.807) is 29.0 Å². The zero-order valence-electron chi connectivity index (χ0n) is 17.9. The molecule has 0 fully saturated rings. The van der Waals surface area contributed by atoms with Gasteiger partial charge in [0.25, 0.3) is 5.56 Å². The largest absolute Gasteiger partial charge is 0.477 e. The number of aromatic carboxylic acids is 1. The first-order chi connectivity index (χ1) is 15.3. The van der Waals surface area contributed by atoms with Crippen LogP contribution in [0.1, 0.15) is 40.5 Å². The molecule has 2 aromatic heterocycles. The first-order valence-corrected chi connectivity index (χ1v) is 10.7. The van der Waals surface area contributed by atoms with Crippen molar-refractivity contribution in [3.63, 3.8) is 0 Å². The van der Waals surface area contributed by atoms with Crippen LogP contribution in [-0.2, 0) is 6.54 Å². The second-order valence-corrected chi connectivity index (χ2v) is 8.23. The van der Waals surface area contributed by atoms with Crippen LogP contribution in [0.2, 0.25) is 5.02 Å². The van der Waals surface area contributed by atoms with E-state index >= 15 is 0 Å². The van der Waals surface area contributed by atoms with E-state index in [9.17, 15) is 14.7 Å². The predicted octanol–water partition coefficient (Wildman–Crippen LogP) is 5.92. The van der Waals surface area contributed by atoms with Gasteiger partial charge >= 0.3 is 5.97 Å². The Morgan fingerprint density at radius 2 is 1.75 bits per heavy atom. The maximum absolute atomic E-state index is 13.5. The highest BCUT2D eigenvalue weighted by molar-refractivity contribution is 6.30. The van der Waals surface area contributed by atoms with Crippen molar-refractivity contribution in [3.05, 3.63) is 105 Å². The van der Waals surface area contributed by atoms with Crippen molar-refractivity contribution < 1.29 is 9.90 Å². The number of benzene rings is 2. The van der Waals surface area contributed by atoms with E-state index in [0.717, 1.165) is 17.5 Å². The van der Waals surface area contributed by atoms with Crippen molar-refractivity contribution >= 4 is 34.0 Å². The predicted molar refractivity (Wildman–Crippen MR) is 129 cm³/mol. The van der Waals surface area contributed by atoms with Gasteiger partial charge in [-0.05, 0) is 54.8 Å². The quantitative estimate of drug-likeness (QED) is 0.399. The summed E-state index contributed by atoms with van der Waals surface area (Å²) in [5.41, 5.74) is 4.03. The number of hydrogen-bond donors (Lipinski definition) is 1. The molecule has 0 spiro atoms. The lowest BCUT2D eigenvalue weighted by atomic mass is 9.98. The van der Waals surface area contributed by atoms with E-state index in [1.165, 1.54) is 4.57 Å².